The number of aliphatic imine (C=N–C) groups is 1. The number of guanidine groups is 1. The highest BCUT2D eigenvalue weighted by molar-refractivity contribution is 5.93. The van der Waals surface area contributed by atoms with Gasteiger partial charge in [-0.2, -0.15) is 0 Å². The van der Waals surface area contributed by atoms with Gasteiger partial charge < -0.3 is 20.7 Å². The Morgan fingerprint density at radius 3 is 2.56 bits per heavy atom. The second-order valence-electron chi connectivity index (χ2n) is 5.97. The molecular weight excluding hydrogens is 347 g/mol. The number of rotatable bonds is 7. The van der Waals surface area contributed by atoms with Gasteiger partial charge in [-0.15, -0.1) is 0 Å². The Balaban J connectivity index is 1.79. The minimum atomic E-state index is -0.326. The fourth-order valence-corrected chi connectivity index (χ4v) is 2.38. The summed E-state index contributed by atoms with van der Waals surface area (Å²) in [5.74, 6) is 0.676. The molecular formula is C20H25FN4O2. The van der Waals surface area contributed by atoms with E-state index in [4.69, 9.17) is 4.74 Å². The van der Waals surface area contributed by atoms with Crippen LogP contribution < -0.4 is 20.7 Å². The van der Waals surface area contributed by atoms with Crippen LogP contribution in [0.1, 0.15) is 22.8 Å². The van der Waals surface area contributed by atoms with Crippen LogP contribution in [0.2, 0.25) is 0 Å². The molecule has 0 fully saturated rings. The molecule has 0 spiro atoms. The molecule has 0 aliphatic carbocycles. The number of hydrogen-bond acceptors (Lipinski definition) is 3. The summed E-state index contributed by atoms with van der Waals surface area (Å²) < 4.78 is 18.9. The second kappa shape index (κ2) is 10.2. The quantitative estimate of drug-likeness (QED) is 0.515. The predicted molar refractivity (Wildman–Crippen MR) is 105 cm³/mol. The van der Waals surface area contributed by atoms with E-state index in [1.165, 1.54) is 12.1 Å². The van der Waals surface area contributed by atoms with Crippen molar-refractivity contribution in [1.82, 2.24) is 16.0 Å². The minimum Gasteiger partial charge on any atom is -0.489 e. The van der Waals surface area contributed by atoms with E-state index >= 15 is 0 Å². The van der Waals surface area contributed by atoms with Gasteiger partial charge in [0.1, 0.15) is 17.7 Å². The van der Waals surface area contributed by atoms with Crippen LogP contribution in [-0.4, -0.2) is 38.6 Å². The molecule has 2 aromatic carbocycles. The third kappa shape index (κ3) is 6.62. The van der Waals surface area contributed by atoms with E-state index in [-0.39, 0.29) is 17.8 Å². The maximum Gasteiger partial charge on any atom is 0.251 e. The number of hydrogen-bond donors (Lipinski definition) is 3. The summed E-state index contributed by atoms with van der Waals surface area (Å²) in [5.41, 5.74) is 1.64. The molecule has 7 heteroatoms. The number of halogens is 1. The lowest BCUT2D eigenvalue weighted by Crippen LogP contribution is -2.41. The molecule has 1 atom stereocenters. The van der Waals surface area contributed by atoms with Crippen molar-refractivity contribution < 1.29 is 13.9 Å². The lowest BCUT2D eigenvalue weighted by Gasteiger charge is -2.18. The van der Waals surface area contributed by atoms with Crippen molar-refractivity contribution in [2.75, 3.05) is 20.6 Å². The number of benzene rings is 2. The topological polar surface area (TPSA) is 74.8 Å². The van der Waals surface area contributed by atoms with Crippen LogP contribution >= 0.6 is 0 Å². The summed E-state index contributed by atoms with van der Waals surface area (Å²) in [5, 5.41) is 8.96. The van der Waals surface area contributed by atoms with E-state index in [9.17, 15) is 9.18 Å². The van der Waals surface area contributed by atoms with Crippen molar-refractivity contribution in [3.8, 4) is 5.75 Å². The van der Waals surface area contributed by atoms with E-state index in [0.29, 0.717) is 30.4 Å². The van der Waals surface area contributed by atoms with Crippen molar-refractivity contribution in [3.05, 3.63) is 65.5 Å². The van der Waals surface area contributed by atoms with Crippen molar-refractivity contribution in [3.63, 3.8) is 0 Å². The number of amides is 1. The van der Waals surface area contributed by atoms with Crippen LogP contribution in [0.15, 0.2) is 53.5 Å². The zero-order valence-corrected chi connectivity index (χ0v) is 15.8. The molecule has 0 bridgehead atoms. The highest BCUT2D eigenvalue weighted by Gasteiger charge is 2.07. The third-order valence-corrected chi connectivity index (χ3v) is 3.82. The van der Waals surface area contributed by atoms with Crippen LogP contribution in [0.5, 0.6) is 5.75 Å². The molecule has 0 aliphatic rings. The molecule has 0 saturated carbocycles. The van der Waals surface area contributed by atoms with Gasteiger partial charge in [0.05, 0.1) is 6.54 Å². The Labute approximate surface area is 158 Å². The zero-order valence-electron chi connectivity index (χ0n) is 15.8. The molecule has 2 rings (SSSR count). The fraction of sp³-hybridized carbons (Fsp3) is 0.300. The summed E-state index contributed by atoms with van der Waals surface area (Å²) >= 11 is 0. The van der Waals surface area contributed by atoms with Crippen LogP contribution in [0.4, 0.5) is 4.39 Å². The molecule has 0 heterocycles. The first-order chi connectivity index (χ1) is 13.0. The van der Waals surface area contributed by atoms with Gasteiger partial charge in [0.25, 0.3) is 5.91 Å². The molecule has 1 unspecified atom stereocenters. The molecule has 6 nitrogen and oxygen atoms in total. The van der Waals surface area contributed by atoms with E-state index < -0.39 is 0 Å². The average Bonchev–Trinajstić information content (AvgIpc) is 2.68. The summed E-state index contributed by atoms with van der Waals surface area (Å²) in [4.78, 5) is 15.7. The van der Waals surface area contributed by atoms with Gasteiger partial charge in [0.15, 0.2) is 5.96 Å². The smallest absolute Gasteiger partial charge is 0.251 e. The Hall–Kier alpha value is -3.09. The van der Waals surface area contributed by atoms with Gasteiger partial charge in [0.2, 0.25) is 0 Å². The van der Waals surface area contributed by atoms with Gasteiger partial charge in [-0.25, -0.2) is 4.39 Å². The SMILES string of the molecule is CN=C(NCc1ccc(C(=O)NC)cc1)NCC(C)Oc1cccc(F)c1. The normalized spacial score (nSPS) is 12.2. The van der Waals surface area contributed by atoms with E-state index in [1.54, 1.807) is 38.4 Å². The molecule has 0 radical (unpaired) electrons. The standard InChI is InChI=1S/C20H25FN4O2/c1-14(27-18-6-4-5-17(21)11-18)12-24-20(23-3)25-13-15-7-9-16(10-8-15)19(26)22-2/h4-11,14H,12-13H2,1-3H3,(H,22,26)(H2,23,24,25). The molecule has 2 aromatic rings. The number of ether oxygens (including phenoxy) is 1. The largest absolute Gasteiger partial charge is 0.489 e. The van der Waals surface area contributed by atoms with Gasteiger partial charge >= 0.3 is 0 Å². The lowest BCUT2D eigenvalue weighted by atomic mass is 10.1. The third-order valence-electron chi connectivity index (χ3n) is 3.82. The Bertz CT molecular complexity index is 778. The summed E-state index contributed by atoms with van der Waals surface area (Å²) in [6.07, 6.45) is -0.169. The van der Waals surface area contributed by atoms with Crippen molar-refractivity contribution in [2.45, 2.75) is 19.6 Å². The van der Waals surface area contributed by atoms with Crippen LogP contribution in [0, 0.1) is 5.82 Å². The highest BCUT2D eigenvalue weighted by Crippen LogP contribution is 2.13. The van der Waals surface area contributed by atoms with Crippen molar-refractivity contribution >= 4 is 11.9 Å². The first-order valence-corrected chi connectivity index (χ1v) is 8.69. The summed E-state index contributed by atoms with van der Waals surface area (Å²) in [6.45, 7) is 2.96. The Morgan fingerprint density at radius 2 is 1.93 bits per heavy atom. The number of nitrogens with one attached hydrogen (secondary N) is 3. The average molecular weight is 372 g/mol. The van der Waals surface area contributed by atoms with Crippen molar-refractivity contribution in [1.29, 1.82) is 0 Å². The first-order valence-electron chi connectivity index (χ1n) is 8.69. The van der Waals surface area contributed by atoms with Crippen LogP contribution in [0.3, 0.4) is 0 Å². The maximum absolute atomic E-state index is 13.2. The van der Waals surface area contributed by atoms with Crippen LogP contribution in [0.25, 0.3) is 0 Å². The second-order valence-corrected chi connectivity index (χ2v) is 5.97. The van der Waals surface area contributed by atoms with E-state index in [1.807, 2.05) is 19.1 Å². The molecule has 0 aromatic heterocycles. The maximum atomic E-state index is 13.2. The summed E-state index contributed by atoms with van der Waals surface area (Å²) in [6, 6.07) is 13.4. The Kier molecular flexibility index (Phi) is 7.61. The Morgan fingerprint density at radius 1 is 1.19 bits per heavy atom. The molecule has 3 N–H and O–H groups in total. The number of carbonyl (C=O) groups excluding carboxylic acids is 1. The molecule has 0 saturated heterocycles. The molecule has 1 amide bonds. The summed E-state index contributed by atoms with van der Waals surface area (Å²) in [7, 11) is 3.29. The number of nitrogens with zero attached hydrogens (tertiary/aromatic N) is 1. The van der Waals surface area contributed by atoms with Crippen LogP contribution in [-0.2, 0) is 6.54 Å². The number of carbonyl (C=O) groups is 1. The molecule has 144 valence electrons. The molecule has 27 heavy (non-hydrogen) atoms. The van der Waals surface area contributed by atoms with E-state index in [2.05, 4.69) is 20.9 Å². The minimum absolute atomic E-state index is 0.112. The van der Waals surface area contributed by atoms with Crippen molar-refractivity contribution in [2.24, 2.45) is 4.99 Å². The highest BCUT2D eigenvalue weighted by atomic mass is 19.1. The lowest BCUT2D eigenvalue weighted by molar-refractivity contribution is 0.0963. The monoisotopic (exact) mass is 372 g/mol. The van der Waals surface area contributed by atoms with Gasteiger partial charge in [0, 0.05) is 32.3 Å². The molecule has 0 aliphatic heterocycles. The van der Waals surface area contributed by atoms with E-state index in [0.717, 1.165) is 5.56 Å². The van der Waals surface area contributed by atoms with Gasteiger partial charge in [-0.1, -0.05) is 18.2 Å². The first kappa shape index (κ1) is 20.2. The zero-order chi connectivity index (χ0) is 19.6. The van der Waals surface area contributed by atoms with Gasteiger partial charge in [-0.05, 0) is 36.8 Å². The predicted octanol–water partition coefficient (Wildman–Crippen LogP) is 2.32. The van der Waals surface area contributed by atoms with Gasteiger partial charge in [-0.3, -0.25) is 9.79 Å². The fourth-order valence-electron chi connectivity index (χ4n) is 2.38.